The number of benzene rings is 1. The van der Waals surface area contributed by atoms with Crippen LogP contribution in [0.25, 0.3) is 0 Å². The third-order valence-corrected chi connectivity index (χ3v) is 6.08. The summed E-state index contributed by atoms with van der Waals surface area (Å²) in [4.78, 5) is 9.23. The summed E-state index contributed by atoms with van der Waals surface area (Å²) in [5.41, 5.74) is 0.218. The molecule has 3 heterocycles. The molecule has 158 valence electrons. The molecule has 2 aliphatic heterocycles. The second kappa shape index (κ2) is 8.07. The second-order valence-electron chi connectivity index (χ2n) is 8.63. The summed E-state index contributed by atoms with van der Waals surface area (Å²) in [6.45, 7) is 4.94. The third-order valence-electron chi connectivity index (χ3n) is 6.08. The standard InChI is InChI=1S/C21H27F3N4O/c1-27-9-3-7-20(14-27)8-4-10-28(15-20)13-19-25-18(26-29-19)12-16-5-2-6-17(11-16)21(22,23)24/h2,5-6,11H,3-4,7-10,12-15H2,1H3/t20-/m1/s1. The van der Waals surface area contributed by atoms with Crippen LogP contribution >= 0.6 is 0 Å². The summed E-state index contributed by atoms with van der Waals surface area (Å²) in [6, 6.07) is 5.27. The highest BCUT2D eigenvalue weighted by molar-refractivity contribution is 5.27. The van der Waals surface area contributed by atoms with Gasteiger partial charge < -0.3 is 9.42 Å². The lowest BCUT2D eigenvalue weighted by Crippen LogP contribution is -2.51. The van der Waals surface area contributed by atoms with Crippen LogP contribution in [0, 0.1) is 5.41 Å². The summed E-state index contributed by atoms with van der Waals surface area (Å²) in [5, 5.41) is 3.98. The van der Waals surface area contributed by atoms with Gasteiger partial charge in [-0.25, -0.2) is 0 Å². The number of hydrogen-bond donors (Lipinski definition) is 0. The normalized spacial score (nSPS) is 24.3. The van der Waals surface area contributed by atoms with Crippen LogP contribution in [0.2, 0.25) is 0 Å². The molecule has 29 heavy (non-hydrogen) atoms. The minimum atomic E-state index is -4.35. The van der Waals surface area contributed by atoms with Crippen LogP contribution in [0.5, 0.6) is 0 Å². The molecular weight excluding hydrogens is 381 g/mol. The molecule has 0 aliphatic carbocycles. The number of halogens is 3. The summed E-state index contributed by atoms with van der Waals surface area (Å²) >= 11 is 0. The number of likely N-dealkylation sites (tertiary alicyclic amines) is 2. The zero-order valence-corrected chi connectivity index (χ0v) is 16.7. The highest BCUT2D eigenvalue weighted by Gasteiger charge is 2.38. The molecule has 5 nitrogen and oxygen atoms in total. The number of rotatable bonds is 4. The number of hydrogen-bond acceptors (Lipinski definition) is 5. The van der Waals surface area contributed by atoms with Gasteiger partial charge >= 0.3 is 6.18 Å². The lowest BCUT2D eigenvalue weighted by atomic mass is 9.74. The van der Waals surface area contributed by atoms with E-state index in [9.17, 15) is 13.2 Å². The molecule has 0 saturated carbocycles. The van der Waals surface area contributed by atoms with Gasteiger partial charge in [0.25, 0.3) is 0 Å². The lowest BCUT2D eigenvalue weighted by molar-refractivity contribution is -0.137. The molecule has 1 aromatic heterocycles. The van der Waals surface area contributed by atoms with Gasteiger partial charge in [-0.15, -0.1) is 0 Å². The Bertz CT molecular complexity index is 833. The first-order valence-corrected chi connectivity index (χ1v) is 10.2. The average Bonchev–Trinajstić information content (AvgIpc) is 3.08. The van der Waals surface area contributed by atoms with E-state index in [1.807, 2.05) is 0 Å². The number of piperidine rings is 2. The minimum absolute atomic E-state index is 0.224. The average molecular weight is 408 g/mol. The molecule has 0 amide bonds. The van der Waals surface area contributed by atoms with Gasteiger partial charge in [0, 0.05) is 19.5 Å². The highest BCUT2D eigenvalue weighted by Crippen LogP contribution is 2.38. The highest BCUT2D eigenvalue weighted by atomic mass is 19.4. The van der Waals surface area contributed by atoms with Crippen molar-refractivity contribution in [1.29, 1.82) is 0 Å². The second-order valence-corrected chi connectivity index (χ2v) is 8.63. The van der Waals surface area contributed by atoms with E-state index in [0.29, 0.717) is 29.2 Å². The molecule has 4 rings (SSSR count). The van der Waals surface area contributed by atoms with Crippen molar-refractivity contribution in [2.75, 3.05) is 33.2 Å². The first-order chi connectivity index (χ1) is 13.8. The zero-order valence-electron chi connectivity index (χ0n) is 16.7. The minimum Gasteiger partial charge on any atom is -0.338 e. The summed E-state index contributed by atoms with van der Waals surface area (Å²) in [5.74, 6) is 0.955. The Kier molecular flexibility index (Phi) is 5.66. The van der Waals surface area contributed by atoms with Gasteiger partial charge in [-0.05, 0) is 62.9 Å². The summed E-state index contributed by atoms with van der Waals surface area (Å²) in [7, 11) is 2.19. The predicted octanol–water partition coefficient (Wildman–Crippen LogP) is 3.99. The Labute approximate surface area is 168 Å². The monoisotopic (exact) mass is 408 g/mol. The van der Waals surface area contributed by atoms with Crippen molar-refractivity contribution in [3.05, 3.63) is 47.1 Å². The Balaban J connectivity index is 1.38. The van der Waals surface area contributed by atoms with Crippen LogP contribution in [0.3, 0.4) is 0 Å². The largest absolute Gasteiger partial charge is 0.416 e. The van der Waals surface area contributed by atoms with Crippen molar-refractivity contribution in [2.24, 2.45) is 5.41 Å². The first kappa shape index (κ1) is 20.3. The molecule has 2 fully saturated rings. The van der Waals surface area contributed by atoms with Crippen LogP contribution < -0.4 is 0 Å². The SMILES string of the molecule is CN1CCC[C@@]2(CCCN(Cc3nc(Cc4cccc(C(F)(F)F)c4)no3)C2)C1. The fraction of sp³-hybridized carbons (Fsp3) is 0.619. The van der Waals surface area contributed by atoms with E-state index < -0.39 is 11.7 Å². The van der Waals surface area contributed by atoms with Crippen LogP contribution in [0.1, 0.15) is 48.5 Å². The molecule has 0 unspecified atom stereocenters. The summed E-state index contributed by atoms with van der Waals surface area (Å²) < 4.78 is 44.1. The van der Waals surface area contributed by atoms with E-state index >= 15 is 0 Å². The van der Waals surface area contributed by atoms with Gasteiger partial charge in [0.15, 0.2) is 5.82 Å². The van der Waals surface area contributed by atoms with Gasteiger partial charge in [0.2, 0.25) is 5.89 Å². The molecular formula is C21H27F3N4O. The van der Waals surface area contributed by atoms with Crippen molar-refractivity contribution >= 4 is 0 Å². The van der Waals surface area contributed by atoms with Gasteiger partial charge in [0.05, 0.1) is 12.1 Å². The summed E-state index contributed by atoms with van der Waals surface area (Å²) in [6.07, 6.45) is 0.806. The number of aromatic nitrogens is 2. The quantitative estimate of drug-likeness (QED) is 0.766. The molecule has 2 aliphatic rings. The van der Waals surface area contributed by atoms with E-state index in [0.717, 1.165) is 31.8 Å². The maximum atomic E-state index is 12.9. The molecule has 2 saturated heterocycles. The van der Waals surface area contributed by atoms with E-state index in [1.54, 1.807) is 6.07 Å². The molecule has 0 radical (unpaired) electrons. The molecule has 0 bridgehead atoms. The van der Waals surface area contributed by atoms with Crippen molar-refractivity contribution in [3.63, 3.8) is 0 Å². The van der Waals surface area contributed by atoms with Gasteiger partial charge in [-0.1, -0.05) is 23.4 Å². The Morgan fingerprint density at radius 2 is 1.93 bits per heavy atom. The van der Waals surface area contributed by atoms with E-state index in [2.05, 4.69) is 27.0 Å². The van der Waals surface area contributed by atoms with Crippen LogP contribution in [-0.2, 0) is 19.1 Å². The Hall–Kier alpha value is -1.93. The fourth-order valence-corrected chi connectivity index (χ4v) is 4.89. The van der Waals surface area contributed by atoms with Gasteiger partial charge in [-0.3, -0.25) is 4.90 Å². The maximum absolute atomic E-state index is 12.9. The molecule has 1 atom stereocenters. The maximum Gasteiger partial charge on any atom is 0.416 e. The van der Waals surface area contributed by atoms with Crippen LogP contribution in [0.4, 0.5) is 13.2 Å². The smallest absolute Gasteiger partial charge is 0.338 e. The van der Waals surface area contributed by atoms with Crippen LogP contribution in [0.15, 0.2) is 28.8 Å². The van der Waals surface area contributed by atoms with E-state index in [1.165, 1.54) is 38.3 Å². The Morgan fingerprint density at radius 3 is 2.69 bits per heavy atom. The Morgan fingerprint density at radius 1 is 1.14 bits per heavy atom. The van der Waals surface area contributed by atoms with Crippen molar-refractivity contribution in [3.8, 4) is 0 Å². The van der Waals surface area contributed by atoms with Crippen LogP contribution in [-0.4, -0.2) is 53.2 Å². The first-order valence-electron chi connectivity index (χ1n) is 10.2. The third kappa shape index (κ3) is 4.98. The zero-order chi connectivity index (χ0) is 20.5. The number of nitrogens with zero attached hydrogens (tertiary/aromatic N) is 4. The van der Waals surface area contributed by atoms with Crippen molar-refractivity contribution < 1.29 is 17.7 Å². The number of alkyl halides is 3. The fourth-order valence-electron chi connectivity index (χ4n) is 4.89. The predicted molar refractivity (Wildman–Crippen MR) is 102 cm³/mol. The van der Waals surface area contributed by atoms with Crippen molar-refractivity contribution in [1.82, 2.24) is 19.9 Å². The topological polar surface area (TPSA) is 45.4 Å². The van der Waals surface area contributed by atoms with Gasteiger partial charge in [0.1, 0.15) is 0 Å². The lowest BCUT2D eigenvalue weighted by Gasteiger charge is -2.47. The molecule has 8 heteroatoms. The van der Waals surface area contributed by atoms with Gasteiger partial charge in [-0.2, -0.15) is 18.2 Å². The van der Waals surface area contributed by atoms with E-state index in [4.69, 9.17) is 4.52 Å². The van der Waals surface area contributed by atoms with Crippen molar-refractivity contribution in [2.45, 2.75) is 44.8 Å². The molecule has 1 spiro atoms. The van der Waals surface area contributed by atoms with E-state index in [-0.39, 0.29) is 6.42 Å². The molecule has 1 aromatic carbocycles. The molecule has 2 aromatic rings. The molecule has 0 N–H and O–H groups in total.